The van der Waals surface area contributed by atoms with Gasteiger partial charge in [0.2, 0.25) is 0 Å². The van der Waals surface area contributed by atoms with Crippen molar-refractivity contribution in [3.05, 3.63) is 40.7 Å². The molecule has 4 rings (SSSR count). The summed E-state index contributed by atoms with van der Waals surface area (Å²) in [6.07, 6.45) is 3.06. The fraction of sp³-hybridized carbons (Fsp3) is 0.565. The summed E-state index contributed by atoms with van der Waals surface area (Å²) in [5.74, 6) is -1.04. The lowest BCUT2D eigenvalue weighted by Crippen LogP contribution is -2.60. The number of allylic oxidation sites excluding steroid dienone is 1. The Kier molecular flexibility index (Phi) is 5.31. The van der Waals surface area contributed by atoms with Gasteiger partial charge in [-0.1, -0.05) is 19.4 Å². The van der Waals surface area contributed by atoms with Crippen molar-refractivity contribution < 1.29 is 25.9 Å². The number of aliphatic hydroxyl groups is 3. The van der Waals surface area contributed by atoms with Gasteiger partial charge in [0.05, 0.1) is 25.4 Å². The maximum Gasteiger partial charge on any atom is 0.184 e. The van der Waals surface area contributed by atoms with Gasteiger partial charge in [-0.3, -0.25) is 14.7 Å². The molecule has 6 nitrogen and oxygen atoms in total. The number of nitrogens with zero attached hydrogens (tertiary/aromatic N) is 2. The molecule has 2 fully saturated rings. The van der Waals surface area contributed by atoms with Crippen LogP contribution in [0.3, 0.4) is 0 Å². The number of ketones is 1. The van der Waals surface area contributed by atoms with Crippen LogP contribution in [0, 0.1) is 17.7 Å². The van der Waals surface area contributed by atoms with Crippen molar-refractivity contribution in [2.24, 2.45) is 16.8 Å². The third-order valence-corrected chi connectivity index (χ3v) is 6.91. The Hall–Kier alpha value is -1.93. The van der Waals surface area contributed by atoms with E-state index >= 15 is 0 Å². The van der Waals surface area contributed by atoms with Crippen molar-refractivity contribution in [2.75, 3.05) is 19.7 Å². The van der Waals surface area contributed by atoms with E-state index in [1.54, 1.807) is 13.0 Å². The van der Waals surface area contributed by atoms with E-state index in [1.165, 1.54) is 12.1 Å². The number of hydrogen-bond donors (Lipinski definition) is 3. The van der Waals surface area contributed by atoms with Crippen LogP contribution >= 0.6 is 0 Å². The number of fused-ring (bicyclic) bond motifs is 5. The largest absolute Gasteiger partial charge is 0.392 e. The monoisotopic (exact) mass is 417 g/mol. The number of carbonyl (C=O) groups is 1. The van der Waals surface area contributed by atoms with E-state index in [2.05, 4.69) is 4.99 Å². The first-order valence-electron chi connectivity index (χ1n) is 11.0. The minimum Gasteiger partial charge on any atom is -0.392 e. The molecule has 0 radical (unpaired) electrons. The van der Waals surface area contributed by atoms with Gasteiger partial charge < -0.3 is 15.3 Å². The first-order valence-corrected chi connectivity index (χ1v) is 10.5. The topological polar surface area (TPSA) is 93.4 Å². The summed E-state index contributed by atoms with van der Waals surface area (Å²) < 4.78 is 23.5. The van der Waals surface area contributed by atoms with Crippen LogP contribution < -0.4 is 0 Å². The van der Waals surface area contributed by atoms with E-state index in [9.17, 15) is 25.9 Å². The van der Waals surface area contributed by atoms with Gasteiger partial charge in [0.25, 0.3) is 0 Å². The highest BCUT2D eigenvalue weighted by Gasteiger charge is 2.53. The van der Waals surface area contributed by atoms with Crippen LogP contribution in [0.1, 0.15) is 45.6 Å². The first-order chi connectivity index (χ1) is 14.7. The minimum absolute atomic E-state index is 0.126. The van der Waals surface area contributed by atoms with Crippen molar-refractivity contribution >= 4 is 17.2 Å². The molecule has 30 heavy (non-hydrogen) atoms. The minimum atomic E-state index is -1.56. The van der Waals surface area contributed by atoms with Gasteiger partial charge in [-0.15, -0.1) is 0 Å². The van der Waals surface area contributed by atoms with E-state index in [-0.39, 0.29) is 41.0 Å². The van der Waals surface area contributed by atoms with Crippen LogP contribution in [-0.2, 0) is 17.0 Å². The SMILES string of the molecule is [2H][C@@]12C[C@H](/C(=C\C)C(=O)CO)[C@H](CC)CN1CC[C@@]1(O)C2=Nc2cc(F)cc(CO)c21. The number of aliphatic hydroxyl groups excluding tert-OH is 2. The van der Waals surface area contributed by atoms with Gasteiger partial charge in [0.15, 0.2) is 5.78 Å². The molecule has 0 saturated carbocycles. The lowest BCUT2D eigenvalue weighted by atomic mass is 9.69. The summed E-state index contributed by atoms with van der Waals surface area (Å²) in [6.45, 7) is 3.79. The maximum absolute atomic E-state index is 14.1. The van der Waals surface area contributed by atoms with Crippen molar-refractivity contribution in [3.63, 3.8) is 0 Å². The van der Waals surface area contributed by atoms with Crippen LogP contribution in [0.15, 0.2) is 28.8 Å². The Morgan fingerprint density at radius 2 is 2.23 bits per heavy atom. The van der Waals surface area contributed by atoms with Crippen molar-refractivity contribution in [1.29, 1.82) is 0 Å². The summed E-state index contributed by atoms with van der Waals surface area (Å²) in [5, 5.41) is 30.9. The summed E-state index contributed by atoms with van der Waals surface area (Å²) in [5.41, 5.74) is 0.0871. The summed E-state index contributed by atoms with van der Waals surface area (Å²) in [6, 6.07) is 1.05. The fourth-order valence-corrected chi connectivity index (χ4v) is 5.46. The third kappa shape index (κ3) is 3.15. The molecule has 0 unspecified atom stereocenters. The molecule has 0 amide bonds. The van der Waals surface area contributed by atoms with Crippen LogP contribution in [0.4, 0.5) is 10.1 Å². The van der Waals surface area contributed by atoms with E-state index < -0.39 is 30.6 Å². The second-order valence-corrected chi connectivity index (χ2v) is 8.38. The molecule has 2 saturated heterocycles. The second kappa shape index (κ2) is 7.96. The highest BCUT2D eigenvalue weighted by atomic mass is 19.1. The molecule has 3 aliphatic rings. The fourth-order valence-electron chi connectivity index (χ4n) is 5.46. The van der Waals surface area contributed by atoms with Gasteiger partial charge in [0, 0.05) is 18.7 Å². The Morgan fingerprint density at radius 3 is 2.87 bits per heavy atom. The summed E-state index contributed by atoms with van der Waals surface area (Å²) in [7, 11) is 0. The number of carbonyl (C=O) groups excluding carboxylic acids is 1. The Balaban J connectivity index is 1.81. The van der Waals surface area contributed by atoms with Crippen LogP contribution in [0.25, 0.3) is 0 Å². The molecule has 1 aromatic rings. The summed E-state index contributed by atoms with van der Waals surface area (Å²) >= 11 is 0. The molecule has 0 aliphatic carbocycles. The Morgan fingerprint density at radius 1 is 1.47 bits per heavy atom. The molecular formula is C23H29FN2O4. The standard InChI is InChI=1S/C23H29FN2O4/c1-3-13-10-26-6-5-23(30)21-14(11-27)7-15(24)8-18(21)25-22(23)19(26)9-17(13)16(4-2)20(29)12-28/h4,7-8,13,17,19,27-28,30H,3,5-6,9-12H2,1-2H3/b16-4+/t13-,17+,19+,23+/m1/s1/i19D. The third-order valence-electron chi connectivity index (χ3n) is 6.91. The van der Waals surface area contributed by atoms with Crippen LogP contribution in [0.2, 0.25) is 0 Å². The van der Waals surface area contributed by atoms with Crippen LogP contribution in [-0.4, -0.2) is 57.4 Å². The zero-order valence-corrected chi connectivity index (χ0v) is 17.4. The second-order valence-electron chi connectivity index (χ2n) is 8.38. The van der Waals surface area contributed by atoms with E-state index in [0.29, 0.717) is 30.6 Å². The maximum atomic E-state index is 14.1. The molecular weight excluding hydrogens is 387 g/mol. The number of hydrogen-bond acceptors (Lipinski definition) is 6. The van der Waals surface area contributed by atoms with E-state index in [0.717, 1.165) is 6.42 Å². The summed E-state index contributed by atoms with van der Waals surface area (Å²) in [4.78, 5) is 18.9. The highest BCUT2D eigenvalue weighted by molar-refractivity contribution is 6.05. The molecule has 3 heterocycles. The Labute approximate surface area is 177 Å². The normalized spacial score (nSPS) is 34.0. The molecule has 0 aromatic heterocycles. The van der Waals surface area contributed by atoms with Gasteiger partial charge in [-0.25, -0.2) is 4.39 Å². The zero-order chi connectivity index (χ0) is 22.6. The molecule has 3 aliphatic heterocycles. The highest BCUT2D eigenvalue weighted by Crippen LogP contribution is 2.50. The lowest BCUT2D eigenvalue weighted by Gasteiger charge is -2.50. The van der Waals surface area contributed by atoms with Crippen LogP contribution in [0.5, 0.6) is 0 Å². The van der Waals surface area contributed by atoms with Crippen molar-refractivity contribution in [3.8, 4) is 0 Å². The molecule has 162 valence electrons. The number of halogens is 1. The molecule has 1 aromatic carbocycles. The number of benzene rings is 1. The number of rotatable bonds is 5. The molecule has 3 N–H and O–H groups in total. The van der Waals surface area contributed by atoms with Gasteiger partial charge in [-0.2, -0.15) is 0 Å². The molecule has 0 bridgehead atoms. The first kappa shape index (κ1) is 20.0. The average Bonchev–Trinajstić information content (AvgIpc) is 3.06. The quantitative estimate of drug-likeness (QED) is 0.639. The van der Waals surface area contributed by atoms with Gasteiger partial charge >= 0.3 is 0 Å². The molecule has 4 atom stereocenters. The average molecular weight is 417 g/mol. The predicted molar refractivity (Wildman–Crippen MR) is 111 cm³/mol. The molecule has 0 spiro atoms. The Bertz CT molecular complexity index is 981. The van der Waals surface area contributed by atoms with Gasteiger partial charge in [-0.05, 0) is 54.9 Å². The molecule has 7 heteroatoms. The van der Waals surface area contributed by atoms with E-state index in [1.807, 2.05) is 11.8 Å². The number of aliphatic imine (C=N–C) groups is 1. The van der Waals surface area contributed by atoms with E-state index in [4.69, 9.17) is 0 Å². The van der Waals surface area contributed by atoms with Crippen molar-refractivity contribution in [2.45, 2.75) is 51.3 Å². The zero-order valence-electron chi connectivity index (χ0n) is 18.4. The van der Waals surface area contributed by atoms with Crippen molar-refractivity contribution in [1.82, 2.24) is 4.90 Å². The lowest BCUT2D eigenvalue weighted by molar-refractivity contribution is -0.119. The van der Waals surface area contributed by atoms with Gasteiger partial charge in [0.1, 0.15) is 18.0 Å². The number of Topliss-reactive ketones (excluding diaryl/α,β-unsaturated/α-hetero) is 1. The smallest absolute Gasteiger partial charge is 0.184 e. The number of piperidine rings is 2. The predicted octanol–water partition coefficient (Wildman–Crippen LogP) is 2.22.